The highest BCUT2D eigenvalue weighted by Gasteiger charge is 2.29. The van der Waals surface area contributed by atoms with Crippen molar-refractivity contribution in [2.45, 2.75) is 19.4 Å². The minimum Gasteiger partial charge on any atom is -0.460 e. The molecule has 0 radical (unpaired) electrons. The molecule has 0 bridgehead atoms. The van der Waals surface area contributed by atoms with E-state index in [2.05, 4.69) is 0 Å². The van der Waals surface area contributed by atoms with E-state index in [1.165, 1.54) is 6.07 Å². The van der Waals surface area contributed by atoms with E-state index in [4.69, 9.17) is 16.3 Å². The Labute approximate surface area is 156 Å². The van der Waals surface area contributed by atoms with Crippen molar-refractivity contribution < 1.29 is 18.7 Å². The van der Waals surface area contributed by atoms with Crippen molar-refractivity contribution in [3.63, 3.8) is 0 Å². The molecule has 0 atom stereocenters. The minimum atomic E-state index is -0.385. The highest BCUT2D eigenvalue weighted by molar-refractivity contribution is 6.30. The predicted octanol–water partition coefficient (Wildman–Crippen LogP) is 4.07. The minimum absolute atomic E-state index is 0.0696. The Hall–Kier alpha value is -2.40. The summed E-state index contributed by atoms with van der Waals surface area (Å²) in [5, 5.41) is 0.581. The third-order valence-electron chi connectivity index (χ3n) is 4.53. The number of carbonyl (C=O) groups excluding carboxylic acids is 2. The summed E-state index contributed by atoms with van der Waals surface area (Å²) < 4.78 is 18.8. The van der Waals surface area contributed by atoms with Gasteiger partial charge in [-0.2, -0.15) is 0 Å². The Morgan fingerprint density at radius 3 is 2.38 bits per heavy atom. The molecular formula is C20H19ClFNO3. The van der Waals surface area contributed by atoms with E-state index in [1.807, 2.05) is 0 Å². The number of piperidine rings is 1. The monoisotopic (exact) mass is 375 g/mol. The van der Waals surface area contributed by atoms with Crippen molar-refractivity contribution in [3.8, 4) is 0 Å². The van der Waals surface area contributed by atoms with Gasteiger partial charge in [0.05, 0.1) is 5.92 Å². The van der Waals surface area contributed by atoms with Gasteiger partial charge in [0.2, 0.25) is 0 Å². The van der Waals surface area contributed by atoms with Crippen LogP contribution >= 0.6 is 11.6 Å². The fraction of sp³-hybridized carbons (Fsp3) is 0.300. The molecule has 0 aliphatic carbocycles. The van der Waals surface area contributed by atoms with E-state index < -0.39 is 0 Å². The molecule has 1 fully saturated rings. The summed E-state index contributed by atoms with van der Waals surface area (Å²) in [7, 11) is 0. The summed E-state index contributed by atoms with van der Waals surface area (Å²) in [6.45, 7) is 0.900. The van der Waals surface area contributed by atoms with E-state index in [1.54, 1.807) is 47.4 Å². The van der Waals surface area contributed by atoms with Crippen LogP contribution in [0.15, 0.2) is 48.5 Å². The Morgan fingerprint density at radius 1 is 1.08 bits per heavy atom. The maximum Gasteiger partial charge on any atom is 0.309 e. The van der Waals surface area contributed by atoms with Gasteiger partial charge in [-0.3, -0.25) is 9.59 Å². The fourth-order valence-corrected chi connectivity index (χ4v) is 3.10. The van der Waals surface area contributed by atoms with Gasteiger partial charge in [0.25, 0.3) is 5.91 Å². The zero-order valence-electron chi connectivity index (χ0n) is 14.2. The molecule has 1 saturated heterocycles. The molecule has 136 valence electrons. The quantitative estimate of drug-likeness (QED) is 0.756. The van der Waals surface area contributed by atoms with Gasteiger partial charge >= 0.3 is 5.97 Å². The van der Waals surface area contributed by atoms with Crippen molar-refractivity contribution in [2.24, 2.45) is 5.92 Å². The molecule has 2 aromatic carbocycles. The number of hydrogen-bond donors (Lipinski definition) is 0. The first-order chi connectivity index (χ1) is 12.5. The summed E-state index contributed by atoms with van der Waals surface area (Å²) in [6.07, 6.45) is 1.07. The smallest absolute Gasteiger partial charge is 0.309 e. The van der Waals surface area contributed by atoms with E-state index >= 15 is 0 Å². The average molecular weight is 376 g/mol. The van der Waals surface area contributed by atoms with Gasteiger partial charge in [0.1, 0.15) is 12.4 Å². The fourth-order valence-electron chi connectivity index (χ4n) is 2.98. The van der Waals surface area contributed by atoms with Crippen LogP contribution in [-0.4, -0.2) is 29.9 Å². The molecule has 1 aliphatic rings. The Morgan fingerprint density at radius 2 is 1.73 bits per heavy atom. The van der Waals surface area contributed by atoms with E-state index in [0.29, 0.717) is 42.1 Å². The van der Waals surface area contributed by atoms with E-state index in [9.17, 15) is 14.0 Å². The largest absolute Gasteiger partial charge is 0.460 e. The molecule has 0 saturated carbocycles. The molecule has 0 N–H and O–H groups in total. The summed E-state index contributed by atoms with van der Waals surface area (Å²) >= 11 is 5.84. The first-order valence-electron chi connectivity index (χ1n) is 8.49. The molecule has 0 spiro atoms. The number of esters is 1. The first-order valence-corrected chi connectivity index (χ1v) is 8.87. The lowest BCUT2D eigenvalue weighted by molar-refractivity contribution is -0.151. The van der Waals surface area contributed by atoms with Crippen molar-refractivity contribution in [2.75, 3.05) is 13.1 Å². The van der Waals surface area contributed by atoms with Gasteiger partial charge in [-0.25, -0.2) is 4.39 Å². The molecule has 3 rings (SSSR count). The van der Waals surface area contributed by atoms with Gasteiger partial charge in [0, 0.05) is 29.2 Å². The third-order valence-corrected chi connectivity index (χ3v) is 4.79. The van der Waals surface area contributed by atoms with Gasteiger partial charge in [0.15, 0.2) is 0 Å². The van der Waals surface area contributed by atoms with Gasteiger partial charge in [-0.1, -0.05) is 29.8 Å². The molecular weight excluding hydrogens is 357 g/mol. The third kappa shape index (κ3) is 4.41. The maximum atomic E-state index is 13.6. The van der Waals surface area contributed by atoms with Crippen molar-refractivity contribution in [1.82, 2.24) is 4.90 Å². The van der Waals surface area contributed by atoms with Crippen molar-refractivity contribution >= 4 is 23.5 Å². The predicted molar refractivity (Wildman–Crippen MR) is 96.3 cm³/mol. The zero-order valence-corrected chi connectivity index (χ0v) is 14.9. The molecule has 0 unspecified atom stereocenters. The SMILES string of the molecule is O=C(OCc1ccccc1F)C1CCN(C(=O)c2ccc(Cl)cc2)CC1. The number of halogens is 2. The standard InChI is InChI=1S/C20H19ClFNO3/c21-17-7-5-14(6-8-17)19(24)23-11-9-15(10-12-23)20(25)26-13-16-3-1-2-4-18(16)22/h1-8,15H,9-13H2. The van der Waals surface area contributed by atoms with Crippen LogP contribution in [0.3, 0.4) is 0 Å². The summed E-state index contributed by atoms with van der Waals surface area (Å²) in [5.41, 5.74) is 0.936. The second-order valence-electron chi connectivity index (χ2n) is 6.27. The number of hydrogen-bond acceptors (Lipinski definition) is 3. The molecule has 4 nitrogen and oxygen atoms in total. The van der Waals surface area contributed by atoms with E-state index in [0.717, 1.165) is 0 Å². The number of benzene rings is 2. The number of ether oxygens (including phenoxy) is 1. The lowest BCUT2D eigenvalue weighted by atomic mass is 9.96. The lowest BCUT2D eigenvalue weighted by Crippen LogP contribution is -2.40. The highest BCUT2D eigenvalue weighted by atomic mass is 35.5. The summed E-state index contributed by atoms with van der Waals surface area (Å²) in [5.74, 6) is -1.06. The van der Waals surface area contributed by atoms with Crippen LogP contribution in [0.4, 0.5) is 4.39 Å². The summed E-state index contributed by atoms with van der Waals surface area (Å²) in [6, 6.07) is 13.0. The van der Waals surface area contributed by atoms with Crippen LogP contribution in [0.25, 0.3) is 0 Å². The molecule has 26 heavy (non-hydrogen) atoms. The van der Waals surface area contributed by atoms with Gasteiger partial charge in [-0.15, -0.1) is 0 Å². The number of amides is 1. The summed E-state index contributed by atoms with van der Waals surface area (Å²) in [4.78, 5) is 26.4. The van der Waals surface area contributed by atoms with E-state index in [-0.39, 0.29) is 30.2 Å². The van der Waals surface area contributed by atoms with Crippen molar-refractivity contribution in [1.29, 1.82) is 0 Å². The maximum absolute atomic E-state index is 13.6. The first kappa shape index (κ1) is 18.4. The molecule has 1 heterocycles. The number of carbonyl (C=O) groups is 2. The zero-order chi connectivity index (χ0) is 18.5. The van der Waals surface area contributed by atoms with Crippen LogP contribution in [0.1, 0.15) is 28.8 Å². The molecule has 6 heteroatoms. The lowest BCUT2D eigenvalue weighted by Gasteiger charge is -2.31. The Bertz CT molecular complexity index is 786. The molecule has 2 aromatic rings. The second kappa shape index (κ2) is 8.32. The van der Waals surface area contributed by atoms with Crippen LogP contribution in [0.2, 0.25) is 5.02 Å². The Kier molecular flexibility index (Phi) is 5.89. The van der Waals surface area contributed by atoms with Crippen LogP contribution in [-0.2, 0) is 16.1 Å². The number of rotatable bonds is 4. The van der Waals surface area contributed by atoms with Crippen molar-refractivity contribution in [3.05, 3.63) is 70.5 Å². The number of nitrogens with zero attached hydrogens (tertiary/aromatic N) is 1. The topological polar surface area (TPSA) is 46.6 Å². The number of likely N-dealkylation sites (tertiary alicyclic amines) is 1. The molecule has 1 aliphatic heterocycles. The molecule has 0 aromatic heterocycles. The van der Waals surface area contributed by atoms with Gasteiger partial charge in [-0.05, 0) is 43.2 Å². The Balaban J connectivity index is 1.50. The van der Waals surface area contributed by atoms with Crippen LogP contribution < -0.4 is 0 Å². The van der Waals surface area contributed by atoms with Gasteiger partial charge < -0.3 is 9.64 Å². The normalized spacial score (nSPS) is 14.9. The highest BCUT2D eigenvalue weighted by Crippen LogP contribution is 2.22. The average Bonchev–Trinajstić information content (AvgIpc) is 2.67. The van der Waals surface area contributed by atoms with Crippen LogP contribution in [0, 0.1) is 11.7 Å². The van der Waals surface area contributed by atoms with Crippen LogP contribution in [0.5, 0.6) is 0 Å². The molecule has 1 amide bonds. The second-order valence-corrected chi connectivity index (χ2v) is 6.71.